The van der Waals surface area contributed by atoms with Crippen LogP contribution in [0.1, 0.15) is 237 Å². The molecule has 41 heavy (non-hydrogen) atoms. The summed E-state index contributed by atoms with van der Waals surface area (Å²) in [5.74, 6) is -0.968. The highest BCUT2D eigenvalue weighted by molar-refractivity contribution is 5.68. The summed E-state index contributed by atoms with van der Waals surface area (Å²) in [6.45, 7) is 26.5. The minimum absolute atomic E-state index is 0.278. The van der Waals surface area contributed by atoms with E-state index in [-0.39, 0.29) is 6.54 Å². The molecule has 0 amide bonds. The Bertz CT molecular complexity index is 235. The number of hydrogen-bond donors (Lipinski definition) is 2. The number of nitrogens with two attached hydrogens (primary N) is 1. The molecule has 0 fully saturated rings. The summed E-state index contributed by atoms with van der Waals surface area (Å²) in [5.41, 5.74) is 4.57. The molecule has 0 aromatic rings. The van der Waals surface area contributed by atoms with Crippen molar-refractivity contribution in [2.24, 2.45) is 5.73 Å². The molecule has 3 N–H and O–H groups in total. The zero-order valence-electron chi connectivity index (χ0n) is 31.6. The Labute approximate surface area is 265 Å². The minimum Gasteiger partial charge on any atom is -0.480 e. The maximum Gasteiger partial charge on any atom is 0.317 e. The zero-order chi connectivity index (χ0) is 33.3. The van der Waals surface area contributed by atoms with Crippen molar-refractivity contribution in [2.45, 2.75) is 237 Å². The third-order valence-electron chi connectivity index (χ3n) is 5.92. The fourth-order valence-corrected chi connectivity index (χ4v) is 3.00. The number of unbranched alkanes of at least 4 members (excludes halogenated alkanes) is 18. The van der Waals surface area contributed by atoms with Crippen LogP contribution < -0.4 is 5.73 Å². The van der Waals surface area contributed by atoms with Gasteiger partial charge in [-0.1, -0.05) is 237 Å². The lowest BCUT2D eigenvalue weighted by Crippen LogP contribution is -2.10. The molecule has 0 aromatic heterocycles. The lowest BCUT2D eigenvalue weighted by atomic mass is 10.2. The van der Waals surface area contributed by atoms with Crippen molar-refractivity contribution in [1.82, 2.24) is 0 Å². The van der Waals surface area contributed by atoms with Gasteiger partial charge in [0.2, 0.25) is 0 Å². The number of carboxylic acid groups (broad SMARTS) is 1. The van der Waals surface area contributed by atoms with Crippen molar-refractivity contribution in [3.05, 3.63) is 0 Å². The quantitative estimate of drug-likeness (QED) is 0.147. The van der Waals surface area contributed by atoms with E-state index in [0.717, 1.165) is 0 Å². The summed E-state index contributed by atoms with van der Waals surface area (Å²) in [7, 11) is 0. The van der Waals surface area contributed by atoms with Gasteiger partial charge >= 0.3 is 5.97 Å². The predicted octanol–water partition coefficient (Wildman–Crippen LogP) is 14.5. The van der Waals surface area contributed by atoms with E-state index in [4.69, 9.17) is 5.11 Å². The molecular formula is C38H89NO2. The van der Waals surface area contributed by atoms with Gasteiger partial charge in [-0.05, 0) is 0 Å². The van der Waals surface area contributed by atoms with Gasteiger partial charge in [-0.25, -0.2) is 0 Å². The SMILES string of the molecule is CCCCCC.CCCCCC.CCCCCC.CCCCCC.CCCCCC.CCCCCC.NCC(=O)O. The topological polar surface area (TPSA) is 63.3 Å². The maximum absolute atomic E-state index is 9.24. The van der Waals surface area contributed by atoms with E-state index in [1.165, 1.54) is 154 Å². The van der Waals surface area contributed by atoms with E-state index in [1.54, 1.807) is 0 Å². The Morgan fingerprint density at radius 1 is 0.341 bits per heavy atom. The Hall–Kier alpha value is -0.570. The van der Waals surface area contributed by atoms with Crippen LogP contribution in [0, 0.1) is 0 Å². The molecule has 0 aliphatic rings. The van der Waals surface area contributed by atoms with Gasteiger partial charge in [0.15, 0.2) is 0 Å². The van der Waals surface area contributed by atoms with Crippen LogP contribution in [0.4, 0.5) is 0 Å². The van der Waals surface area contributed by atoms with Crippen LogP contribution >= 0.6 is 0 Å². The van der Waals surface area contributed by atoms with Crippen molar-refractivity contribution < 1.29 is 9.90 Å². The molecule has 0 atom stereocenters. The lowest BCUT2D eigenvalue weighted by Gasteiger charge is -1.86. The summed E-state index contributed by atoms with van der Waals surface area (Å²) >= 11 is 0. The van der Waals surface area contributed by atoms with Gasteiger partial charge in [0.25, 0.3) is 0 Å². The summed E-state index contributed by atoms with van der Waals surface area (Å²) in [6.07, 6.45) is 33.2. The molecule has 0 unspecified atom stereocenters. The van der Waals surface area contributed by atoms with Crippen molar-refractivity contribution in [3.63, 3.8) is 0 Å². The first kappa shape index (κ1) is 56.2. The second kappa shape index (κ2) is 77.4. The van der Waals surface area contributed by atoms with Crippen LogP contribution in [0.25, 0.3) is 0 Å². The van der Waals surface area contributed by atoms with Crippen LogP contribution in [-0.4, -0.2) is 17.6 Å². The van der Waals surface area contributed by atoms with Gasteiger partial charge in [-0.2, -0.15) is 0 Å². The number of aliphatic carboxylic acids is 1. The van der Waals surface area contributed by atoms with Gasteiger partial charge in [-0.15, -0.1) is 0 Å². The first-order valence-corrected chi connectivity index (χ1v) is 18.7. The molecule has 0 saturated carbocycles. The number of hydrogen-bond acceptors (Lipinski definition) is 2. The first-order valence-electron chi connectivity index (χ1n) is 18.7. The highest BCUT2D eigenvalue weighted by Crippen LogP contribution is 1.98. The molecule has 0 saturated heterocycles. The van der Waals surface area contributed by atoms with E-state index >= 15 is 0 Å². The monoisotopic (exact) mass is 592 g/mol. The molecule has 0 rings (SSSR count). The van der Waals surface area contributed by atoms with E-state index in [2.05, 4.69) is 88.8 Å². The Morgan fingerprint density at radius 2 is 0.415 bits per heavy atom. The van der Waals surface area contributed by atoms with E-state index in [1.807, 2.05) is 0 Å². The second-order valence-corrected chi connectivity index (χ2v) is 10.8. The molecule has 0 radical (unpaired) electrons. The fourth-order valence-electron chi connectivity index (χ4n) is 3.00. The second-order valence-electron chi connectivity index (χ2n) is 10.8. The maximum atomic E-state index is 9.24. The van der Waals surface area contributed by atoms with Gasteiger partial charge < -0.3 is 10.8 Å². The highest BCUT2D eigenvalue weighted by Gasteiger charge is 1.81. The number of rotatable bonds is 19. The normalized spacial score (nSPS) is 8.80. The summed E-state index contributed by atoms with van der Waals surface area (Å²) in [5, 5.41) is 7.60. The van der Waals surface area contributed by atoms with Crippen molar-refractivity contribution in [2.75, 3.05) is 6.54 Å². The zero-order valence-corrected chi connectivity index (χ0v) is 31.6. The Morgan fingerprint density at radius 3 is 0.439 bits per heavy atom. The molecule has 258 valence electrons. The van der Waals surface area contributed by atoms with Crippen molar-refractivity contribution in [1.29, 1.82) is 0 Å². The highest BCUT2D eigenvalue weighted by atomic mass is 16.4. The molecule has 0 heterocycles. The van der Waals surface area contributed by atoms with Crippen molar-refractivity contribution >= 4 is 5.97 Å². The van der Waals surface area contributed by atoms with E-state index < -0.39 is 5.97 Å². The van der Waals surface area contributed by atoms with Crippen LogP contribution in [0.2, 0.25) is 0 Å². The largest absolute Gasteiger partial charge is 0.480 e. The molecule has 0 spiro atoms. The summed E-state index contributed by atoms with van der Waals surface area (Å²) in [6, 6.07) is 0. The molecule has 0 aliphatic carbocycles. The average molecular weight is 592 g/mol. The fraction of sp³-hybridized carbons (Fsp3) is 0.974. The Kier molecular flexibility index (Phi) is 106. The molecule has 3 nitrogen and oxygen atoms in total. The Balaban J connectivity index is -0.0000000658. The summed E-state index contributed by atoms with van der Waals surface area (Å²) < 4.78 is 0. The smallest absolute Gasteiger partial charge is 0.317 e. The minimum atomic E-state index is -0.968. The first-order chi connectivity index (χ1) is 19.8. The van der Waals surface area contributed by atoms with Gasteiger partial charge in [0, 0.05) is 0 Å². The van der Waals surface area contributed by atoms with Crippen LogP contribution in [0.3, 0.4) is 0 Å². The van der Waals surface area contributed by atoms with Crippen LogP contribution in [-0.2, 0) is 4.79 Å². The summed E-state index contributed by atoms with van der Waals surface area (Å²) in [4.78, 5) is 9.24. The van der Waals surface area contributed by atoms with Crippen LogP contribution in [0.5, 0.6) is 0 Å². The van der Waals surface area contributed by atoms with E-state index in [9.17, 15) is 4.79 Å². The third kappa shape index (κ3) is 146. The predicted molar refractivity (Wildman–Crippen MR) is 196 cm³/mol. The number of carboxylic acids is 1. The van der Waals surface area contributed by atoms with Crippen LogP contribution in [0.15, 0.2) is 0 Å². The van der Waals surface area contributed by atoms with Gasteiger partial charge in [0.1, 0.15) is 0 Å². The average Bonchev–Trinajstić information content (AvgIpc) is 3.00. The third-order valence-corrected chi connectivity index (χ3v) is 5.92. The van der Waals surface area contributed by atoms with Crippen molar-refractivity contribution in [3.8, 4) is 0 Å². The number of carbonyl (C=O) groups is 1. The molecule has 0 aromatic carbocycles. The standard InChI is InChI=1S/6C6H14.C2H5NO2/c6*1-3-5-6-4-2;3-1-2(4)5/h6*3-6H2,1-2H3;1,3H2,(H,4,5). The van der Waals surface area contributed by atoms with E-state index in [0.29, 0.717) is 0 Å². The van der Waals surface area contributed by atoms with Gasteiger partial charge in [0.05, 0.1) is 6.54 Å². The van der Waals surface area contributed by atoms with Gasteiger partial charge in [-0.3, -0.25) is 4.79 Å². The molecule has 0 aliphatic heterocycles. The lowest BCUT2D eigenvalue weighted by molar-refractivity contribution is -0.135. The molecular weight excluding hydrogens is 502 g/mol. The molecule has 0 bridgehead atoms. The molecule has 3 heteroatoms.